The fraction of sp³-hybridized carbons (Fsp3) is 0.953. The number of aliphatic hydroxyl groups is 1. The fourth-order valence-corrected chi connectivity index (χ4v) is 14.9. The SMILES string of the molecule is CCCCCCCCCCCCCCCCCCCCCCCCC(=O)O[C@H](COC(=O)CCCCCCCCCCCCCCCCCC)COP(=O)(O)OC[C@@H](O)COP(=O)(O)OC[C@@H](COC(=O)CCCCCCCCCC(C)C)OC(=O)CCCCCCCCCCCCCCCCCC. The van der Waals surface area contributed by atoms with Gasteiger partial charge in [-0.3, -0.25) is 37.3 Å². The second-order valence-electron chi connectivity index (χ2n) is 31.1. The summed E-state index contributed by atoms with van der Waals surface area (Å²) in [4.78, 5) is 73.2. The average molecular weight is 1520 g/mol. The monoisotopic (exact) mass is 1520 g/mol. The number of aliphatic hydroxyl groups excluding tert-OH is 1. The molecule has 0 bridgehead atoms. The molecule has 0 saturated carbocycles. The minimum atomic E-state index is -4.96. The molecule has 0 heterocycles. The van der Waals surface area contributed by atoms with E-state index in [0.29, 0.717) is 31.6 Å². The van der Waals surface area contributed by atoms with E-state index in [9.17, 15) is 43.2 Å². The van der Waals surface area contributed by atoms with Crippen molar-refractivity contribution in [3.05, 3.63) is 0 Å². The number of hydrogen-bond donors (Lipinski definition) is 3. The summed E-state index contributed by atoms with van der Waals surface area (Å²) >= 11 is 0. The van der Waals surface area contributed by atoms with Crippen molar-refractivity contribution >= 4 is 39.5 Å². The molecule has 0 saturated heterocycles. The second kappa shape index (κ2) is 77.8. The third kappa shape index (κ3) is 78.2. The van der Waals surface area contributed by atoms with Crippen molar-refractivity contribution in [3.63, 3.8) is 0 Å². The second-order valence-corrected chi connectivity index (χ2v) is 34.0. The van der Waals surface area contributed by atoms with Crippen LogP contribution < -0.4 is 0 Å². The Bertz CT molecular complexity index is 1980. The highest BCUT2D eigenvalue weighted by Crippen LogP contribution is 2.45. The van der Waals surface area contributed by atoms with E-state index in [1.165, 1.54) is 276 Å². The van der Waals surface area contributed by atoms with Gasteiger partial charge in [0, 0.05) is 25.7 Å². The molecule has 3 N–H and O–H groups in total. The van der Waals surface area contributed by atoms with E-state index in [1.54, 1.807) is 0 Å². The molecule has 104 heavy (non-hydrogen) atoms. The lowest BCUT2D eigenvalue weighted by molar-refractivity contribution is -0.161. The molecule has 0 aromatic rings. The van der Waals surface area contributed by atoms with E-state index < -0.39 is 97.5 Å². The molecule has 0 aromatic carbocycles. The highest BCUT2D eigenvalue weighted by atomic mass is 31.2. The Kier molecular flexibility index (Phi) is 76.3. The third-order valence-corrected chi connectivity index (χ3v) is 21.9. The van der Waals surface area contributed by atoms with E-state index >= 15 is 0 Å². The van der Waals surface area contributed by atoms with Gasteiger partial charge < -0.3 is 33.8 Å². The molecule has 0 aliphatic carbocycles. The lowest BCUT2D eigenvalue weighted by Gasteiger charge is -2.21. The summed E-state index contributed by atoms with van der Waals surface area (Å²) in [6.07, 6.45) is 71.0. The van der Waals surface area contributed by atoms with E-state index in [0.717, 1.165) is 96.3 Å². The molecular weight excluding hydrogens is 1350 g/mol. The Balaban J connectivity index is 5.21. The fourth-order valence-electron chi connectivity index (χ4n) is 13.3. The topological polar surface area (TPSA) is 237 Å². The summed E-state index contributed by atoms with van der Waals surface area (Å²) in [5.74, 6) is -1.40. The quantitative estimate of drug-likeness (QED) is 0.0222. The first kappa shape index (κ1) is 102. The maximum absolute atomic E-state index is 13.1. The molecule has 618 valence electrons. The number of carbonyl (C=O) groups is 4. The van der Waals surface area contributed by atoms with E-state index in [-0.39, 0.29) is 25.7 Å². The number of phosphoric ester groups is 2. The summed E-state index contributed by atoms with van der Waals surface area (Å²) in [6, 6.07) is 0. The minimum Gasteiger partial charge on any atom is -0.462 e. The molecule has 0 rings (SSSR count). The molecule has 17 nitrogen and oxygen atoms in total. The average Bonchev–Trinajstić information content (AvgIpc) is 0.907. The van der Waals surface area contributed by atoms with Crippen LogP contribution in [0, 0.1) is 5.92 Å². The lowest BCUT2D eigenvalue weighted by atomic mass is 10.0. The van der Waals surface area contributed by atoms with E-state index in [1.807, 2.05) is 0 Å². The predicted molar refractivity (Wildman–Crippen MR) is 428 cm³/mol. The Morgan fingerprint density at radius 1 is 0.260 bits per heavy atom. The summed E-state index contributed by atoms with van der Waals surface area (Å²) in [5.41, 5.74) is 0. The Morgan fingerprint density at radius 2 is 0.442 bits per heavy atom. The van der Waals surface area contributed by atoms with Crippen molar-refractivity contribution in [2.24, 2.45) is 5.92 Å². The maximum atomic E-state index is 13.1. The number of hydrogen-bond acceptors (Lipinski definition) is 15. The van der Waals surface area contributed by atoms with Crippen molar-refractivity contribution in [1.29, 1.82) is 0 Å². The van der Waals surface area contributed by atoms with E-state index in [2.05, 4.69) is 34.6 Å². The number of esters is 4. The van der Waals surface area contributed by atoms with Gasteiger partial charge in [0.25, 0.3) is 0 Å². The van der Waals surface area contributed by atoms with Crippen LogP contribution in [0.4, 0.5) is 0 Å². The zero-order chi connectivity index (χ0) is 76.2. The van der Waals surface area contributed by atoms with Crippen molar-refractivity contribution in [2.75, 3.05) is 39.6 Å². The van der Waals surface area contributed by atoms with Crippen LogP contribution in [0.5, 0.6) is 0 Å². The highest BCUT2D eigenvalue weighted by molar-refractivity contribution is 7.47. The number of ether oxygens (including phenoxy) is 4. The van der Waals surface area contributed by atoms with Crippen molar-refractivity contribution in [1.82, 2.24) is 0 Å². The molecule has 0 aliphatic rings. The van der Waals surface area contributed by atoms with Gasteiger partial charge in [0.2, 0.25) is 0 Å². The highest BCUT2D eigenvalue weighted by Gasteiger charge is 2.30. The number of rotatable bonds is 85. The smallest absolute Gasteiger partial charge is 0.462 e. The van der Waals surface area contributed by atoms with Crippen molar-refractivity contribution in [3.8, 4) is 0 Å². The Morgan fingerprint density at radius 3 is 0.654 bits per heavy atom. The molecule has 0 fully saturated rings. The third-order valence-electron chi connectivity index (χ3n) is 20.0. The first-order valence-corrected chi connectivity index (χ1v) is 47.1. The summed E-state index contributed by atoms with van der Waals surface area (Å²) in [6.45, 7) is 7.30. The first-order chi connectivity index (χ1) is 50.5. The maximum Gasteiger partial charge on any atom is 0.472 e. The minimum absolute atomic E-state index is 0.108. The molecule has 0 amide bonds. The van der Waals surface area contributed by atoms with Crippen LogP contribution in [0.25, 0.3) is 0 Å². The largest absolute Gasteiger partial charge is 0.472 e. The van der Waals surface area contributed by atoms with Crippen LogP contribution in [-0.4, -0.2) is 96.7 Å². The van der Waals surface area contributed by atoms with Crippen LogP contribution in [0.1, 0.15) is 458 Å². The molecule has 0 spiro atoms. The van der Waals surface area contributed by atoms with Gasteiger partial charge in [-0.1, -0.05) is 407 Å². The van der Waals surface area contributed by atoms with Crippen LogP contribution >= 0.6 is 15.6 Å². The van der Waals surface area contributed by atoms with Crippen LogP contribution in [-0.2, 0) is 65.4 Å². The zero-order valence-corrected chi connectivity index (χ0v) is 70.0. The van der Waals surface area contributed by atoms with Crippen LogP contribution in [0.15, 0.2) is 0 Å². The standard InChI is InChI=1S/C85H166O17P2/c1-6-9-12-15-18-21-24-27-30-33-34-35-36-37-38-41-44-47-50-55-61-66-70-84(89)101-80(74-95-82(87)68-63-58-53-48-45-42-39-31-28-25-22-19-16-13-10-7-2)76-99-103(91,92)97-72-79(86)73-98-104(93,94)100-77-81(75-96-83(88)69-64-59-56-51-52-57-62-67-78(4)5)102-85(90)71-65-60-54-49-46-43-40-32-29-26-23-20-17-14-11-8-3/h78-81,86H,6-77H2,1-5H3,(H,91,92)(H,93,94)/t79-,80-,81-/m1/s1. The van der Waals surface area contributed by atoms with Gasteiger partial charge in [0.05, 0.1) is 26.4 Å². The van der Waals surface area contributed by atoms with Gasteiger partial charge in [-0.05, 0) is 31.6 Å². The molecule has 19 heteroatoms. The lowest BCUT2D eigenvalue weighted by Crippen LogP contribution is -2.30. The van der Waals surface area contributed by atoms with Gasteiger partial charge >= 0.3 is 39.5 Å². The zero-order valence-electron chi connectivity index (χ0n) is 68.2. The summed E-state index contributed by atoms with van der Waals surface area (Å²) < 4.78 is 68.8. The molecular formula is C85H166O17P2. The van der Waals surface area contributed by atoms with Gasteiger partial charge in [0.1, 0.15) is 19.3 Å². The Hall–Kier alpha value is -1.94. The number of phosphoric acid groups is 2. The van der Waals surface area contributed by atoms with Gasteiger partial charge in [-0.2, -0.15) is 0 Å². The number of carbonyl (C=O) groups excluding carboxylic acids is 4. The van der Waals surface area contributed by atoms with Gasteiger partial charge in [-0.25, -0.2) is 9.13 Å². The molecule has 5 atom stereocenters. The Labute approximate surface area is 638 Å². The predicted octanol–water partition coefficient (Wildman–Crippen LogP) is 26.0. The first-order valence-electron chi connectivity index (χ1n) is 44.1. The molecule has 0 aromatic heterocycles. The van der Waals surface area contributed by atoms with Gasteiger partial charge in [0.15, 0.2) is 12.2 Å². The van der Waals surface area contributed by atoms with E-state index in [4.69, 9.17) is 37.0 Å². The van der Waals surface area contributed by atoms with Crippen LogP contribution in [0.3, 0.4) is 0 Å². The van der Waals surface area contributed by atoms with Gasteiger partial charge in [-0.15, -0.1) is 0 Å². The summed E-state index contributed by atoms with van der Waals surface area (Å²) in [5, 5.41) is 10.7. The van der Waals surface area contributed by atoms with Crippen molar-refractivity contribution in [2.45, 2.75) is 477 Å². The molecule has 0 aliphatic heterocycles. The summed E-state index contributed by atoms with van der Waals surface area (Å²) in [7, 11) is -9.92. The van der Waals surface area contributed by atoms with Crippen molar-refractivity contribution < 1.29 is 80.2 Å². The molecule has 0 radical (unpaired) electrons. The number of unbranched alkanes of at least 4 members (excludes halogenated alkanes) is 57. The van der Waals surface area contributed by atoms with Crippen LogP contribution in [0.2, 0.25) is 0 Å². The normalized spacial score (nSPS) is 13.8. The molecule has 2 unspecified atom stereocenters.